The van der Waals surface area contributed by atoms with Crippen molar-refractivity contribution in [1.29, 1.82) is 0 Å². The molecular weight excluding hydrogens is 590 g/mol. The molecule has 7 nitrogen and oxygen atoms in total. The van der Waals surface area contributed by atoms with Crippen molar-refractivity contribution in [3.05, 3.63) is 87.7 Å². The van der Waals surface area contributed by atoms with Gasteiger partial charge in [0, 0.05) is 24.3 Å². The number of carbonyl (C=O) groups excluding carboxylic acids is 2. The van der Waals surface area contributed by atoms with Gasteiger partial charge in [-0.25, -0.2) is 13.2 Å². The molecule has 0 radical (unpaired) electrons. The fourth-order valence-corrected chi connectivity index (χ4v) is 5.65. The number of alkyl halides is 5. The molecule has 2 amide bonds. The minimum atomic E-state index is -4.71. The molecule has 222 valence electrons. The summed E-state index contributed by atoms with van der Waals surface area (Å²) in [4.78, 5) is 34.8. The van der Waals surface area contributed by atoms with E-state index >= 15 is 0 Å². The lowest BCUT2D eigenvalue weighted by Gasteiger charge is -2.32. The van der Waals surface area contributed by atoms with Gasteiger partial charge in [-0.2, -0.15) is 13.2 Å². The number of amides is 2. The first-order valence-corrected chi connectivity index (χ1v) is 13.3. The summed E-state index contributed by atoms with van der Waals surface area (Å²) in [5.41, 5.74) is -4.95. The highest BCUT2D eigenvalue weighted by Gasteiger charge is 2.53. The molecule has 5 rings (SSSR count). The molecule has 42 heavy (non-hydrogen) atoms. The highest BCUT2D eigenvalue weighted by molar-refractivity contribution is 6.30. The van der Waals surface area contributed by atoms with Crippen LogP contribution in [-0.2, 0) is 16.6 Å². The Bertz CT molecular complexity index is 1510. The Labute approximate surface area is 240 Å². The van der Waals surface area contributed by atoms with Crippen LogP contribution in [0.15, 0.2) is 48.8 Å². The van der Waals surface area contributed by atoms with Gasteiger partial charge in [0.05, 0.1) is 33.7 Å². The number of halogens is 7. The number of nitrogens with one attached hydrogen (secondary N) is 1. The van der Waals surface area contributed by atoms with Crippen LogP contribution in [-0.4, -0.2) is 39.5 Å². The van der Waals surface area contributed by atoms with Gasteiger partial charge in [0.2, 0.25) is 5.60 Å². The number of hydrogen-bond donors (Lipinski definition) is 2. The molecule has 1 fully saturated rings. The third-order valence-electron chi connectivity index (χ3n) is 7.62. The highest BCUT2D eigenvalue weighted by Crippen LogP contribution is 2.47. The monoisotopic (exact) mass is 612 g/mol. The molecule has 14 heteroatoms. The number of benzene rings is 1. The van der Waals surface area contributed by atoms with Crippen LogP contribution in [0.2, 0.25) is 5.02 Å². The van der Waals surface area contributed by atoms with Crippen LogP contribution in [0, 0.1) is 11.7 Å². The number of aliphatic hydroxyl groups is 1. The van der Waals surface area contributed by atoms with Gasteiger partial charge in [-0.05, 0) is 61.9 Å². The van der Waals surface area contributed by atoms with Crippen molar-refractivity contribution < 1.29 is 41.0 Å². The van der Waals surface area contributed by atoms with Crippen LogP contribution in [0.4, 0.5) is 32.0 Å². The van der Waals surface area contributed by atoms with Crippen molar-refractivity contribution in [2.24, 2.45) is 5.92 Å². The molecule has 2 aliphatic rings. The highest BCUT2D eigenvalue weighted by atomic mass is 35.5. The van der Waals surface area contributed by atoms with Crippen LogP contribution in [0.5, 0.6) is 0 Å². The largest absolute Gasteiger partial charge is 0.416 e. The Morgan fingerprint density at radius 2 is 1.81 bits per heavy atom. The Balaban J connectivity index is 1.33. The number of fused-ring (bicyclic) bond motifs is 1. The lowest BCUT2D eigenvalue weighted by atomic mass is 9.85. The molecule has 3 aromatic rings. The second-order valence-corrected chi connectivity index (χ2v) is 10.7. The van der Waals surface area contributed by atoms with E-state index in [9.17, 15) is 41.0 Å². The zero-order chi connectivity index (χ0) is 30.4. The predicted octanol–water partition coefficient (Wildman–Crippen LogP) is 5.80. The quantitative estimate of drug-likeness (QED) is 0.343. The predicted molar refractivity (Wildman–Crippen MR) is 138 cm³/mol. The topological polar surface area (TPSA) is 95.4 Å². The Morgan fingerprint density at radius 1 is 1.10 bits per heavy atom. The summed E-state index contributed by atoms with van der Waals surface area (Å²) in [7, 11) is 0. The third kappa shape index (κ3) is 5.54. The number of rotatable bonds is 6. The fraction of sp³-hybridized carbons (Fsp3) is 0.357. The average Bonchev–Trinajstić information content (AvgIpc) is 3.15. The molecular formula is C28H23ClF6N4O3. The summed E-state index contributed by atoms with van der Waals surface area (Å²) in [6, 6.07) is 5.37. The molecule has 1 atom stereocenters. The molecule has 1 unspecified atom stereocenters. The van der Waals surface area contributed by atoms with E-state index in [1.807, 2.05) is 0 Å². The number of hydrogen-bond acceptors (Lipinski definition) is 5. The van der Waals surface area contributed by atoms with E-state index in [1.165, 1.54) is 0 Å². The van der Waals surface area contributed by atoms with Crippen molar-refractivity contribution in [1.82, 2.24) is 15.3 Å². The standard InChI is InChI=1S/C28H23ClF6N4O3/c29-16-10-19(23(24(31)32)37-11-16)25(40)38-18-5-1-14(2-6-18)13-39-21-9-15(28(33,34)35)3-7-20(21)27(42,26(39)41)22-8-4-17(30)12-36-22/h3-4,7-12,14,18,24,42H,1-2,5-6,13H2,(H,38,40)/t14-,18-,27?. The molecule has 2 N–H and O–H groups in total. The molecule has 1 aliphatic carbocycles. The maximum Gasteiger partial charge on any atom is 0.416 e. The van der Waals surface area contributed by atoms with E-state index < -0.39 is 53.1 Å². The SMILES string of the molecule is O=C(N[C@H]1CC[C@H](CN2C(=O)C(O)(c3ccc(F)cn3)c3ccc(C(F)(F)F)cc32)CC1)c1cc(Cl)cnc1C(F)F. The number of aromatic nitrogens is 2. The third-order valence-corrected chi connectivity index (χ3v) is 7.82. The number of nitrogens with zero attached hydrogens (tertiary/aromatic N) is 3. The van der Waals surface area contributed by atoms with Crippen LogP contribution in [0.1, 0.15) is 65.0 Å². The van der Waals surface area contributed by atoms with Gasteiger partial charge in [0.1, 0.15) is 11.5 Å². The summed E-state index contributed by atoms with van der Waals surface area (Å²) in [6.07, 6.45) is -4.21. The second kappa shape index (κ2) is 11.2. The van der Waals surface area contributed by atoms with Crippen LogP contribution in [0.3, 0.4) is 0 Å². The molecule has 3 heterocycles. The maximum absolute atomic E-state index is 13.6. The summed E-state index contributed by atoms with van der Waals surface area (Å²) < 4.78 is 80.8. The minimum absolute atomic E-state index is 0.0216. The lowest BCUT2D eigenvalue weighted by Crippen LogP contribution is -2.45. The van der Waals surface area contributed by atoms with Gasteiger partial charge in [0.15, 0.2) is 0 Å². The number of carbonyl (C=O) groups is 2. The molecule has 1 aliphatic heterocycles. The van der Waals surface area contributed by atoms with Crippen LogP contribution < -0.4 is 10.2 Å². The molecule has 0 saturated heterocycles. The molecule has 0 spiro atoms. The van der Waals surface area contributed by atoms with Crippen molar-refractivity contribution in [3.63, 3.8) is 0 Å². The zero-order valence-corrected chi connectivity index (χ0v) is 22.4. The smallest absolute Gasteiger partial charge is 0.370 e. The summed E-state index contributed by atoms with van der Waals surface area (Å²) in [5.74, 6) is -2.63. The van der Waals surface area contributed by atoms with E-state index in [2.05, 4.69) is 15.3 Å². The number of anilines is 1. The van der Waals surface area contributed by atoms with E-state index in [1.54, 1.807) is 0 Å². The summed E-state index contributed by atoms with van der Waals surface area (Å²) in [6.45, 7) is -0.0366. The van der Waals surface area contributed by atoms with Crippen molar-refractivity contribution >= 4 is 29.1 Å². The van der Waals surface area contributed by atoms with Gasteiger partial charge >= 0.3 is 6.18 Å². The van der Waals surface area contributed by atoms with E-state index in [-0.39, 0.29) is 40.0 Å². The van der Waals surface area contributed by atoms with Crippen molar-refractivity contribution in [2.75, 3.05) is 11.4 Å². The van der Waals surface area contributed by atoms with E-state index in [4.69, 9.17) is 11.6 Å². The second-order valence-electron chi connectivity index (χ2n) is 10.3. The summed E-state index contributed by atoms with van der Waals surface area (Å²) in [5, 5.41) is 14.3. The molecule has 0 bridgehead atoms. The van der Waals surface area contributed by atoms with Gasteiger partial charge < -0.3 is 15.3 Å². The lowest BCUT2D eigenvalue weighted by molar-refractivity contribution is -0.137. The maximum atomic E-state index is 13.6. The van der Waals surface area contributed by atoms with Crippen LogP contribution in [0.25, 0.3) is 0 Å². The fourth-order valence-electron chi connectivity index (χ4n) is 5.49. The van der Waals surface area contributed by atoms with Gasteiger partial charge in [-0.1, -0.05) is 17.7 Å². The first-order chi connectivity index (χ1) is 19.8. The summed E-state index contributed by atoms with van der Waals surface area (Å²) >= 11 is 5.84. The van der Waals surface area contributed by atoms with Gasteiger partial charge in [-0.15, -0.1) is 0 Å². The first kappa shape index (κ1) is 29.8. The zero-order valence-electron chi connectivity index (χ0n) is 21.6. The Morgan fingerprint density at radius 3 is 2.43 bits per heavy atom. The van der Waals surface area contributed by atoms with Crippen LogP contribution >= 0.6 is 11.6 Å². The first-order valence-electron chi connectivity index (χ1n) is 12.9. The van der Waals surface area contributed by atoms with Gasteiger partial charge in [0.25, 0.3) is 18.2 Å². The Hall–Kier alpha value is -3.71. The van der Waals surface area contributed by atoms with Crippen molar-refractivity contribution in [3.8, 4) is 0 Å². The molecule has 1 aromatic carbocycles. The normalized spacial score (nSPS) is 22.4. The van der Waals surface area contributed by atoms with E-state index in [0.29, 0.717) is 25.7 Å². The minimum Gasteiger partial charge on any atom is -0.370 e. The molecule has 2 aromatic heterocycles. The van der Waals surface area contributed by atoms with Gasteiger partial charge in [-0.3, -0.25) is 19.6 Å². The molecule has 1 saturated carbocycles. The average molecular weight is 613 g/mol. The van der Waals surface area contributed by atoms with E-state index in [0.717, 1.165) is 53.7 Å². The Kier molecular flexibility index (Phi) is 7.92. The van der Waals surface area contributed by atoms with Crippen molar-refractivity contribution in [2.45, 2.75) is 49.9 Å². The number of pyridine rings is 2.